The Morgan fingerprint density at radius 1 is 1.09 bits per heavy atom. The zero-order valence-corrected chi connectivity index (χ0v) is 18.8. The second-order valence-corrected chi connectivity index (χ2v) is 8.10. The molecule has 4 heterocycles. The number of pyridine rings is 1. The van der Waals surface area contributed by atoms with Crippen LogP contribution in [0.2, 0.25) is 0 Å². The second kappa shape index (κ2) is 8.49. The molecule has 0 atom stereocenters. The predicted octanol–water partition coefficient (Wildman–Crippen LogP) is 4.09. The second-order valence-electron chi connectivity index (χ2n) is 8.10. The van der Waals surface area contributed by atoms with Crippen LogP contribution in [0.5, 0.6) is 0 Å². The van der Waals surface area contributed by atoms with E-state index >= 15 is 0 Å². The monoisotopic (exact) mass is 479 g/mol. The molecule has 1 aliphatic rings. The zero-order chi connectivity index (χ0) is 24.7. The Kier molecular flexibility index (Phi) is 5.46. The molecule has 0 radical (unpaired) electrons. The van der Waals surface area contributed by atoms with Crippen LogP contribution in [0, 0.1) is 0 Å². The molecule has 4 aromatic rings. The molecule has 0 unspecified atom stereocenters. The molecule has 8 nitrogen and oxygen atoms in total. The van der Waals surface area contributed by atoms with E-state index in [4.69, 9.17) is 0 Å². The van der Waals surface area contributed by atoms with Gasteiger partial charge in [-0.2, -0.15) is 13.2 Å². The zero-order valence-electron chi connectivity index (χ0n) is 18.8. The van der Waals surface area contributed by atoms with Crippen molar-refractivity contribution in [2.24, 2.45) is 7.05 Å². The Balaban J connectivity index is 1.41. The molecule has 11 heteroatoms. The minimum atomic E-state index is -4.51. The fourth-order valence-corrected chi connectivity index (χ4v) is 4.02. The van der Waals surface area contributed by atoms with Gasteiger partial charge in [-0.3, -0.25) is 9.69 Å². The lowest BCUT2D eigenvalue weighted by Crippen LogP contribution is -2.26. The topological polar surface area (TPSA) is 88.8 Å². The Hall–Kier alpha value is -4.28. The lowest BCUT2D eigenvalue weighted by Gasteiger charge is -2.17. The molecule has 0 aliphatic carbocycles. The lowest BCUT2D eigenvalue weighted by molar-refractivity contribution is -0.140. The summed E-state index contributed by atoms with van der Waals surface area (Å²) < 4.78 is 40.3. The highest BCUT2D eigenvalue weighted by Gasteiger charge is 2.34. The van der Waals surface area contributed by atoms with Crippen LogP contribution in [-0.4, -0.2) is 37.5 Å². The Morgan fingerprint density at radius 3 is 2.54 bits per heavy atom. The summed E-state index contributed by atoms with van der Waals surface area (Å²) in [5.74, 6) is 1.72. The van der Waals surface area contributed by atoms with E-state index in [1.165, 1.54) is 11.6 Å². The maximum absolute atomic E-state index is 13.0. The van der Waals surface area contributed by atoms with Crippen molar-refractivity contribution in [3.63, 3.8) is 0 Å². The first-order valence-corrected chi connectivity index (χ1v) is 10.7. The molecule has 1 N–H and O–H groups in total. The van der Waals surface area contributed by atoms with E-state index in [2.05, 4.69) is 25.3 Å². The number of nitrogens with zero attached hydrogens (tertiary/aromatic N) is 6. The first kappa shape index (κ1) is 22.5. The van der Waals surface area contributed by atoms with Gasteiger partial charge in [-0.25, -0.2) is 19.9 Å². The average Bonchev–Trinajstić information content (AvgIpc) is 3.39. The summed E-state index contributed by atoms with van der Waals surface area (Å²) in [6.45, 7) is 0.267. The van der Waals surface area contributed by atoms with Crippen LogP contribution in [0.4, 0.5) is 24.8 Å². The number of amides is 1. The van der Waals surface area contributed by atoms with E-state index in [1.54, 1.807) is 54.7 Å². The molecule has 1 aromatic carbocycles. The van der Waals surface area contributed by atoms with Crippen molar-refractivity contribution in [3.05, 3.63) is 71.8 Å². The van der Waals surface area contributed by atoms with Gasteiger partial charge in [0.1, 0.15) is 17.5 Å². The van der Waals surface area contributed by atoms with Gasteiger partial charge in [-0.05, 0) is 17.7 Å². The van der Waals surface area contributed by atoms with Gasteiger partial charge in [0.05, 0.1) is 18.5 Å². The van der Waals surface area contributed by atoms with Gasteiger partial charge in [0.25, 0.3) is 0 Å². The molecule has 35 heavy (non-hydrogen) atoms. The fourth-order valence-electron chi connectivity index (χ4n) is 4.02. The van der Waals surface area contributed by atoms with Gasteiger partial charge < -0.3 is 9.88 Å². The number of anilines is 2. The van der Waals surface area contributed by atoms with Crippen LogP contribution in [-0.2, 0) is 31.0 Å². The number of fused-ring (bicyclic) bond motifs is 1. The number of aryl methyl sites for hydroxylation is 1. The number of aromatic nitrogens is 5. The van der Waals surface area contributed by atoms with Crippen LogP contribution >= 0.6 is 0 Å². The summed E-state index contributed by atoms with van der Waals surface area (Å²) in [5, 5.41) is 3.01. The Morgan fingerprint density at radius 2 is 1.86 bits per heavy atom. The number of hydrogen-bond donors (Lipinski definition) is 1. The number of imidazole rings is 1. The van der Waals surface area contributed by atoms with Crippen molar-refractivity contribution in [1.82, 2.24) is 24.5 Å². The highest BCUT2D eigenvalue weighted by molar-refractivity contribution is 6.00. The number of alkyl halides is 3. The molecule has 0 spiro atoms. The molecular weight excluding hydrogens is 459 g/mol. The first-order chi connectivity index (χ1) is 16.7. The summed E-state index contributed by atoms with van der Waals surface area (Å²) in [4.78, 5) is 31.4. The molecule has 3 aromatic heterocycles. The quantitative estimate of drug-likeness (QED) is 0.464. The molecule has 0 saturated carbocycles. The minimum absolute atomic E-state index is 0.102. The number of rotatable bonds is 5. The molecule has 1 amide bonds. The maximum atomic E-state index is 13.0. The van der Waals surface area contributed by atoms with Crippen molar-refractivity contribution < 1.29 is 18.0 Å². The number of carbonyl (C=O) groups excluding carboxylic acids is 1. The summed E-state index contributed by atoms with van der Waals surface area (Å²) in [6, 6.07) is 10.6. The molecule has 0 saturated heterocycles. The summed E-state index contributed by atoms with van der Waals surface area (Å²) in [7, 11) is 3.28. The summed E-state index contributed by atoms with van der Waals surface area (Å²) in [6.07, 6.45) is -0.0271. The fraction of sp³-hybridized carbons (Fsp3) is 0.208. The number of nitrogens with one attached hydrogen (secondary N) is 1. The van der Waals surface area contributed by atoms with Crippen molar-refractivity contribution in [2.45, 2.75) is 19.1 Å². The van der Waals surface area contributed by atoms with Gasteiger partial charge in [-0.15, -0.1) is 0 Å². The van der Waals surface area contributed by atoms with Gasteiger partial charge in [-0.1, -0.05) is 24.3 Å². The van der Waals surface area contributed by atoms with E-state index in [0.29, 0.717) is 23.0 Å². The molecule has 0 bridgehead atoms. The summed E-state index contributed by atoms with van der Waals surface area (Å²) >= 11 is 0. The highest BCUT2D eigenvalue weighted by Crippen LogP contribution is 2.33. The van der Waals surface area contributed by atoms with Crippen LogP contribution in [0.25, 0.3) is 22.8 Å². The van der Waals surface area contributed by atoms with Crippen molar-refractivity contribution in [2.75, 3.05) is 17.3 Å². The van der Waals surface area contributed by atoms with Gasteiger partial charge in [0, 0.05) is 43.8 Å². The predicted molar refractivity (Wildman–Crippen MR) is 123 cm³/mol. The van der Waals surface area contributed by atoms with Crippen molar-refractivity contribution in [1.29, 1.82) is 0 Å². The van der Waals surface area contributed by atoms with Gasteiger partial charge in [0.15, 0.2) is 11.5 Å². The molecule has 1 aliphatic heterocycles. The summed E-state index contributed by atoms with van der Waals surface area (Å²) in [5.41, 5.74) is 1.86. The first-order valence-electron chi connectivity index (χ1n) is 10.7. The Bertz CT molecular complexity index is 1410. The van der Waals surface area contributed by atoms with Crippen LogP contribution in [0.3, 0.4) is 0 Å². The highest BCUT2D eigenvalue weighted by atomic mass is 19.4. The maximum Gasteiger partial charge on any atom is 0.434 e. The van der Waals surface area contributed by atoms with E-state index < -0.39 is 11.9 Å². The normalized spacial score (nSPS) is 13.3. The number of halogens is 3. The molecular formula is C24H20F3N7O. The van der Waals surface area contributed by atoms with E-state index in [0.717, 1.165) is 22.9 Å². The third-order valence-corrected chi connectivity index (χ3v) is 5.75. The third kappa shape index (κ3) is 4.20. The largest absolute Gasteiger partial charge is 0.434 e. The standard InChI is InChI=1S/C24H20F3N7O/c1-28-20-17(4-3-9-29-20)21-30-11-16-10-19(35)34(23(16)32-21)12-14-5-7-15(8-6-14)22-31-18(13-33(22)2)24(25,26)27/h3-9,11,13H,10,12H2,1-2H3,(H,28,29). The molecule has 178 valence electrons. The SMILES string of the molecule is CNc1ncccc1-c1ncc2c(n1)N(Cc1ccc(-c3nc(C(F)(F)F)cn3C)cc1)C(=O)C2. The number of carbonyl (C=O) groups is 1. The van der Waals surface area contributed by atoms with E-state index in [-0.39, 0.29) is 24.7 Å². The van der Waals surface area contributed by atoms with Crippen molar-refractivity contribution >= 4 is 17.5 Å². The lowest BCUT2D eigenvalue weighted by atomic mass is 10.1. The van der Waals surface area contributed by atoms with Crippen LogP contribution in [0.1, 0.15) is 16.8 Å². The van der Waals surface area contributed by atoms with E-state index in [1.807, 2.05) is 6.07 Å². The Labute approximate surface area is 198 Å². The van der Waals surface area contributed by atoms with E-state index in [9.17, 15) is 18.0 Å². The molecule has 0 fully saturated rings. The molecule has 5 rings (SSSR count). The average molecular weight is 479 g/mol. The minimum Gasteiger partial charge on any atom is -0.373 e. The van der Waals surface area contributed by atoms with Crippen LogP contribution < -0.4 is 10.2 Å². The van der Waals surface area contributed by atoms with Gasteiger partial charge >= 0.3 is 6.18 Å². The van der Waals surface area contributed by atoms with Crippen LogP contribution in [0.15, 0.2) is 55.0 Å². The smallest absolute Gasteiger partial charge is 0.373 e. The van der Waals surface area contributed by atoms with Gasteiger partial charge in [0.2, 0.25) is 5.91 Å². The number of hydrogen-bond acceptors (Lipinski definition) is 6. The third-order valence-electron chi connectivity index (χ3n) is 5.75. The van der Waals surface area contributed by atoms with Crippen molar-refractivity contribution in [3.8, 4) is 22.8 Å². The number of benzene rings is 1.